The molecule has 1 fully saturated rings. The second-order valence-corrected chi connectivity index (χ2v) is 8.21. The monoisotopic (exact) mass is 437 g/mol. The van der Waals surface area contributed by atoms with Crippen molar-refractivity contribution in [3.63, 3.8) is 0 Å². The Hall–Kier alpha value is -1.60. The van der Waals surface area contributed by atoms with Crippen molar-refractivity contribution in [3.8, 4) is 0 Å². The highest BCUT2D eigenvalue weighted by atomic mass is 79.9. The van der Waals surface area contributed by atoms with Crippen molar-refractivity contribution in [1.82, 2.24) is 20.9 Å². The molecule has 0 spiro atoms. The molecule has 0 aliphatic carbocycles. The zero-order chi connectivity index (χ0) is 19.6. The molecule has 1 aromatic carbocycles. The maximum Gasteiger partial charge on any atom is 0.221 e. The summed E-state index contributed by atoms with van der Waals surface area (Å²) in [6.07, 6.45) is 2.63. The minimum atomic E-state index is 0.0641. The van der Waals surface area contributed by atoms with E-state index < -0.39 is 0 Å². The normalized spacial score (nSPS) is 16.4. The third-order valence-electron chi connectivity index (χ3n) is 4.57. The molecule has 3 N–H and O–H groups in total. The summed E-state index contributed by atoms with van der Waals surface area (Å²) in [7, 11) is 1.77. The fourth-order valence-electron chi connectivity index (χ4n) is 3.16. The van der Waals surface area contributed by atoms with Gasteiger partial charge in [0, 0.05) is 56.2 Å². The summed E-state index contributed by atoms with van der Waals surface area (Å²) in [5, 5.41) is 9.62. The van der Waals surface area contributed by atoms with E-state index in [1.807, 2.05) is 13.8 Å². The van der Waals surface area contributed by atoms with E-state index in [0.717, 1.165) is 42.9 Å². The van der Waals surface area contributed by atoms with Gasteiger partial charge < -0.3 is 16.0 Å². The molecule has 150 valence electrons. The molecule has 1 aliphatic heterocycles. The van der Waals surface area contributed by atoms with Crippen LogP contribution < -0.4 is 16.0 Å². The molecule has 1 saturated heterocycles. The molecule has 6 nitrogen and oxygen atoms in total. The average molecular weight is 438 g/mol. The number of hydrogen-bond acceptors (Lipinski definition) is 3. The van der Waals surface area contributed by atoms with Gasteiger partial charge in [-0.25, -0.2) is 0 Å². The molecule has 1 aliphatic rings. The number of aliphatic imine (C=N–C) groups is 1. The third kappa shape index (κ3) is 8.30. The van der Waals surface area contributed by atoms with Crippen LogP contribution in [0.1, 0.15) is 38.7 Å². The van der Waals surface area contributed by atoms with Crippen LogP contribution in [0.25, 0.3) is 0 Å². The van der Waals surface area contributed by atoms with Crippen LogP contribution in [0.2, 0.25) is 0 Å². The van der Waals surface area contributed by atoms with Gasteiger partial charge in [0.05, 0.1) is 0 Å². The zero-order valence-corrected chi connectivity index (χ0v) is 18.2. The molecule has 0 atom stereocenters. The van der Waals surface area contributed by atoms with Crippen LogP contribution in [0.5, 0.6) is 0 Å². The first-order chi connectivity index (χ1) is 13.0. The predicted molar refractivity (Wildman–Crippen MR) is 115 cm³/mol. The molecule has 0 bridgehead atoms. The quantitative estimate of drug-likeness (QED) is 0.452. The van der Waals surface area contributed by atoms with Crippen molar-refractivity contribution in [3.05, 3.63) is 34.3 Å². The van der Waals surface area contributed by atoms with Gasteiger partial charge in [0.25, 0.3) is 0 Å². The number of carbonyl (C=O) groups excluding carboxylic acids is 1. The lowest BCUT2D eigenvalue weighted by Crippen LogP contribution is -2.49. The van der Waals surface area contributed by atoms with E-state index in [1.165, 1.54) is 5.56 Å². The Morgan fingerprint density at radius 3 is 2.52 bits per heavy atom. The molecule has 0 unspecified atom stereocenters. The topological polar surface area (TPSA) is 68.8 Å². The van der Waals surface area contributed by atoms with Gasteiger partial charge in [0.2, 0.25) is 5.91 Å². The molecule has 2 rings (SSSR count). The molecule has 1 aromatic rings. The molecular formula is C20H32BrN5O. The maximum atomic E-state index is 11.7. The average Bonchev–Trinajstić information content (AvgIpc) is 2.63. The molecule has 1 amide bonds. The first kappa shape index (κ1) is 21.7. The first-order valence-electron chi connectivity index (χ1n) is 9.69. The zero-order valence-electron chi connectivity index (χ0n) is 16.6. The third-order valence-corrected chi connectivity index (χ3v) is 5.09. The van der Waals surface area contributed by atoms with Crippen LogP contribution in [-0.4, -0.2) is 55.5 Å². The highest BCUT2D eigenvalue weighted by Gasteiger charge is 2.20. The summed E-state index contributed by atoms with van der Waals surface area (Å²) in [6, 6.07) is 9.14. The van der Waals surface area contributed by atoms with E-state index in [1.54, 1.807) is 7.05 Å². The summed E-state index contributed by atoms with van der Waals surface area (Å²) < 4.78 is 1.12. The van der Waals surface area contributed by atoms with Gasteiger partial charge in [-0.2, -0.15) is 0 Å². The number of amides is 1. The molecule has 7 heteroatoms. The number of likely N-dealkylation sites (tertiary alicyclic amines) is 1. The smallest absolute Gasteiger partial charge is 0.221 e. The molecular weight excluding hydrogens is 406 g/mol. The van der Waals surface area contributed by atoms with Gasteiger partial charge in [0.1, 0.15) is 0 Å². The Bertz CT molecular complexity index is 609. The van der Waals surface area contributed by atoms with Crippen molar-refractivity contribution in [2.75, 3.05) is 26.7 Å². The van der Waals surface area contributed by atoms with Crippen LogP contribution >= 0.6 is 15.9 Å². The van der Waals surface area contributed by atoms with Crippen LogP contribution in [-0.2, 0) is 11.3 Å². The Morgan fingerprint density at radius 2 is 1.93 bits per heavy atom. The second-order valence-electron chi connectivity index (χ2n) is 7.29. The molecule has 1 heterocycles. The Kier molecular flexibility index (Phi) is 9.07. The number of rotatable bonds is 7. The molecule has 0 radical (unpaired) electrons. The van der Waals surface area contributed by atoms with Crippen molar-refractivity contribution in [2.24, 2.45) is 4.99 Å². The molecule has 0 saturated carbocycles. The Labute approximate surface area is 171 Å². The highest BCUT2D eigenvalue weighted by molar-refractivity contribution is 9.10. The van der Waals surface area contributed by atoms with Crippen molar-refractivity contribution < 1.29 is 4.79 Å². The van der Waals surface area contributed by atoms with Gasteiger partial charge in [-0.15, -0.1) is 0 Å². The largest absolute Gasteiger partial charge is 0.356 e. The number of carbonyl (C=O) groups is 1. The predicted octanol–water partition coefficient (Wildman–Crippen LogP) is 2.49. The van der Waals surface area contributed by atoms with Gasteiger partial charge in [-0.3, -0.25) is 14.7 Å². The number of nitrogens with one attached hydrogen (secondary N) is 3. The van der Waals surface area contributed by atoms with Crippen LogP contribution in [0, 0.1) is 0 Å². The first-order valence-corrected chi connectivity index (χ1v) is 10.5. The molecule has 0 aromatic heterocycles. The minimum Gasteiger partial charge on any atom is -0.356 e. The second kappa shape index (κ2) is 11.3. The van der Waals surface area contributed by atoms with E-state index in [0.29, 0.717) is 19.0 Å². The van der Waals surface area contributed by atoms with Gasteiger partial charge in [-0.05, 0) is 44.4 Å². The number of benzene rings is 1. The summed E-state index contributed by atoms with van der Waals surface area (Å²) >= 11 is 3.48. The van der Waals surface area contributed by atoms with Crippen molar-refractivity contribution >= 4 is 27.8 Å². The van der Waals surface area contributed by atoms with Crippen LogP contribution in [0.3, 0.4) is 0 Å². The number of nitrogens with zero attached hydrogens (tertiary/aromatic N) is 2. The van der Waals surface area contributed by atoms with Gasteiger partial charge in [-0.1, -0.05) is 28.1 Å². The van der Waals surface area contributed by atoms with Crippen molar-refractivity contribution in [2.45, 2.75) is 51.7 Å². The van der Waals surface area contributed by atoms with Crippen molar-refractivity contribution in [1.29, 1.82) is 0 Å². The number of hydrogen-bond donors (Lipinski definition) is 3. The SMILES string of the molecule is CN=C(NCCC(=O)NC(C)C)NC1CCN(Cc2ccc(Br)cc2)CC1. The fraction of sp³-hybridized carbons (Fsp3) is 0.600. The Balaban J connectivity index is 1.67. The van der Waals surface area contributed by atoms with E-state index in [2.05, 4.69) is 66.0 Å². The summed E-state index contributed by atoms with van der Waals surface area (Å²) in [5.41, 5.74) is 1.35. The molecule has 27 heavy (non-hydrogen) atoms. The standard InChI is InChI=1S/C20H32BrN5O/c1-15(2)24-19(27)8-11-23-20(22-3)25-18-9-12-26(13-10-18)14-16-4-6-17(21)7-5-16/h4-7,15,18H,8-14H2,1-3H3,(H,24,27)(H2,22,23,25). The highest BCUT2D eigenvalue weighted by Crippen LogP contribution is 2.16. The van der Waals surface area contributed by atoms with E-state index >= 15 is 0 Å². The lowest BCUT2D eigenvalue weighted by Gasteiger charge is -2.33. The minimum absolute atomic E-state index is 0.0641. The lowest BCUT2D eigenvalue weighted by atomic mass is 10.0. The van der Waals surface area contributed by atoms with Crippen LogP contribution in [0.4, 0.5) is 0 Å². The number of piperidine rings is 1. The van der Waals surface area contributed by atoms with E-state index in [4.69, 9.17) is 0 Å². The van der Waals surface area contributed by atoms with Gasteiger partial charge >= 0.3 is 0 Å². The summed E-state index contributed by atoms with van der Waals surface area (Å²) in [6.45, 7) is 7.66. The van der Waals surface area contributed by atoms with Crippen LogP contribution in [0.15, 0.2) is 33.7 Å². The Morgan fingerprint density at radius 1 is 1.26 bits per heavy atom. The number of halogens is 1. The summed E-state index contributed by atoms with van der Waals surface area (Å²) in [4.78, 5) is 18.5. The van der Waals surface area contributed by atoms with Gasteiger partial charge in [0.15, 0.2) is 5.96 Å². The lowest BCUT2D eigenvalue weighted by molar-refractivity contribution is -0.121. The van der Waals surface area contributed by atoms with E-state index in [9.17, 15) is 4.79 Å². The van der Waals surface area contributed by atoms with E-state index in [-0.39, 0.29) is 11.9 Å². The fourth-order valence-corrected chi connectivity index (χ4v) is 3.42. The summed E-state index contributed by atoms with van der Waals surface area (Å²) in [5.74, 6) is 0.841. The number of guanidine groups is 1. The maximum absolute atomic E-state index is 11.7.